The van der Waals surface area contributed by atoms with E-state index >= 15 is 0 Å². The van der Waals surface area contributed by atoms with Gasteiger partial charge in [0.25, 0.3) is 0 Å². The Hall–Kier alpha value is -1.56. The topological polar surface area (TPSA) is 78.4 Å². The number of carboxylic acid groups (broad SMARTS) is 1. The first kappa shape index (κ1) is 17.5. The van der Waals surface area contributed by atoms with E-state index in [1.54, 1.807) is 11.3 Å². The summed E-state index contributed by atoms with van der Waals surface area (Å²) in [6.45, 7) is 7.77. The molecule has 1 aromatic rings. The number of amides is 2. The van der Waals surface area contributed by atoms with Crippen LogP contribution < -0.4 is 10.6 Å². The van der Waals surface area contributed by atoms with Crippen molar-refractivity contribution in [2.45, 2.75) is 46.2 Å². The summed E-state index contributed by atoms with van der Waals surface area (Å²) in [5, 5.41) is 16.6. The SMILES string of the molecule is CCC(C)[C@H](NC(=O)NC(c1cccs1)C(C)C)C(=O)O. The molecule has 3 N–H and O–H groups in total. The molecule has 0 aliphatic heterocycles. The Balaban J connectivity index is 2.72. The molecule has 1 heterocycles. The highest BCUT2D eigenvalue weighted by molar-refractivity contribution is 7.10. The van der Waals surface area contributed by atoms with Gasteiger partial charge in [0.15, 0.2) is 0 Å². The quantitative estimate of drug-likeness (QED) is 0.723. The Bertz CT molecular complexity index is 459. The zero-order valence-electron chi connectivity index (χ0n) is 12.9. The summed E-state index contributed by atoms with van der Waals surface area (Å²) in [5.41, 5.74) is 0. The Morgan fingerprint density at radius 3 is 2.38 bits per heavy atom. The van der Waals surface area contributed by atoms with Crippen LogP contribution in [0.15, 0.2) is 17.5 Å². The highest BCUT2D eigenvalue weighted by atomic mass is 32.1. The van der Waals surface area contributed by atoms with Crippen LogP contribution in [-0.4, -0.2) is 23.1 Å². The van der Waals surface area contributed by atoms with Gasteiger partial charge in [0.1, 0.15) is 6.04 Å². The summed E-state index contributed by atoms with van der Waals surface area (Å²) in [4.78, 5) is 24.4. The van der Waals surface area contributed by atoms with Gasteiger partial charge in [-0.05, 0) is 23.3 Å². The lowest BCUT2D eigenvalue weighted by Crippen LogP contribution is -2.50. The van der Waals surface area contributed by atoms with Crippen LogP contribution in [0.5, 0.6) is 0 Å². The number of carboxylic acids is 1. The first-order valence-corrected chi connectivity index (χ1v) is 8.08. The van der Waals surface area contributed by atoms with Crippen LogP contribution in [0, 0.1) is 11.8 Å². The van der Waals surface area contributed by atoms with Crippen molar-refractivity contribution in [2.24, 2.45) is 11.8 Å². The molecule has 118 valence electrons. The molecule has 0 radical (unpaired) electrons. The molecule has 21 heavy (non-hydrogen) atoms. The first-order chi connectivity index (χ1) is 9.86. The molecule has 5 nitrogen and oxygen atoms in total. The second kappa shape index (κ2) is 8.02. The van der Waals surface area contributed by atoms with Crippen molar-refractivity contribution < 1.29 is 14.7 Å². The van der Waals surface area contributed by atoms with Gasteiger partial charge < -0.3 is 15.7 Å². The number of thiophene rings is 1. The van der Waals surface area contributed by atoms with Crippen molar-refractivity contribution in [2.75, 3.05) is 0 Å². The zero-order valence-corrected chi connectivity index (χ0v) is 13.7. The minimum atomic E-state index is -1.00. The maximum Gasteiger partial charge on any atom is 0.326 e. The van der Waals surface area contributed by atoms with Crippen LogP contribution in [0.4, 0.5) is 4.79 Å². The Kier molecular flexibility index (Phi) is 6.68. The number of aliphatic carboxylic acids is 1. The van der Waals surface area contributed by atoms with Gasteiger partial charge in [0.2, 0.25) is 0 Å². The molecule has 3 atom stereocenters. The molecule has 0 saturated heterocycles. The lowest BCUT2D eigenvalue weighted by atomic mass is 9.99. The Morgan fingerprint density at radius 2 is 1.95 bits per heavy atom. The maximum atomic E-state index is 12.1. The molecule has 2 amide bonds. The van der Waals surface area contributed by atoms with Crippen molar-refractivity contribution in [1.29, 1.82) is 0 Å². The fourth-order valence-corrected chi connectivity index (χ4v) is 2.99. The van der Waals surface area contributed by atoms with Gasteiger partial charge in [-0.1, -0.05) is 40.2 Å². The van der Waals surface area contributed by atoms with Crippen LogP contribution in [0.1, 0.15) is 45.0 Å². The monoisotopic (exact) mass is 312 g/mol. The summed E-state index contributed by atoms with van der Waals surface area (Å²) in [5.74, 6) is -0.898. The molecule has 0 saturated carbocycles. The summed E-state index contributed by atoms with van der Waals surface area (Å²) in [7, 11) is 0. The molecular formula is C15H24N2O3S. The van der Waals surface area contributed by atoms with Gasteiger partial charge in [-0.2, -0.15) is 0 Å². The van der Waals surface area contributed by atoms with E-state index in [-0.39, 0.29) is 17.9 Å². The van der Waals surface area contributed by atoms with Crippen molar-refractivity contribution >= 4 is 23.3 Å². The summed E-state index contributed by atoms with van der Waals surface area (Å²) in [6, 6.07) is 2.49. The third-order valence-electron chi connectivity index (χ3n) is 3.57. The third-order valence-corrected chi connectivity index (χ3v) is 4.52. The molecule has 0 spiro atoms. The van der Waals surface area contributed by atoms with Crippen molar-refractivity contribution in [3.8, 4) is 0 Å². The van der Waals surface area contributed by atoms with Crippen LogP contribution in [0.3, 0.4) is 0 Å². The van der Waals surface area contributed by atoms with Crippen molar-refractivity contribution in [3.63, 3.8) is 0 Å². The maximum absolute atomic E-state index is 12.1. The lowest BCUT2D eigenvalue weighted by Gasteiger charge is -2.25. The minimum absolute atomic E-state index is 0.114. The highest BCUT2D eigenvalue weighted by Gasteiger charge is 2.27. The molecule has 0 fully saturated rings. The molecule has 0 aromatic carbocycles. The van der Waals surface area contributed by atoms with Crippen LogP contribution in [-0.2, 0) is 4.79 Å². The summed E-state index contributed by atoms with van der Waals surface area (Å²) in [6.07, 6.45) is 0.690. The molecule has 6 heteroatoms. The van der Waals surface area contributed by atoms with E-state index in [0.29, 0.717) is 6.42 Å². The van der Waals surface area contributed by atoms with Crippen LogP contribution in [0.2, 0.25) is 0 Å². The van der Waals surface area contributed by atoms with Gasteiger partial charge in [-0.3, -0.25) is 0 Å². The van der Waals surface area contributed by atoms with E-state index < -0.39 is 18.0 Å². The number of urea groups is 1. The Morgan fingerprint density at radius 1 is 1.29 bits per heavy atom. The normalized spacial score (nSPS) is 15.3. The number of hydrogen-bond donors (Lipinski definition) is 3. The molecule has 0 aliphatic rings. The van der Waals surface area contributed by atoms with E-state index in [1.165, 1.54) is 0 Å². The van der Waals surface area contributed by atoms with Gasteiger partial charge in [0, 0.05) is 4.88 Å². The molecule has 1 aromatic heterocycles. The van der Waals surface area contributed by atoms with Crippen molar-refractivity contribution in [1.82, 2.24) is 10.6 Å². The second-order valence-corrected chi connectivity index (χ2v) is 6.54. The minimum Gasteiger partial charge on any atom is -0.480 e. The first-order valence-electron chi connectivity index (χ1n) is 7.20. The second-order valence-electron chi connectivity index (χ2n) is 5.56. The van der Waals surface area contributed by atoms with Crippen LogP contribution >= 0.6 is 11.3 Å². The number of carbonyl (C=O) groups is 2. The summed E-state index contributed by atoms with van der Waals surface area (Å²) >= 11 is 1.58. The van der Waals surface area contributed by atoms with Gasteiger partial charge in [-0.15, -0.1) is 11.3 Å². The average Bonchev–Trinajstić information content (AvgIpc) is 2.94. The van der Waals surface area contributed by atoms with Gasteiger partial charge in [-0.25, -0.2) is 9.59 Å². The number of nitrogens with one attached hydrogen (secondary N) is 2. The van der Waals surface area contributed by atoms with Crippen molar-refractivity contribution in [3.05, 3.63) is 22.4 Å². The Labute approximate surface area is 129 Å². The molecule has 2 unspecified atom stereocenters. The van der Waals surface area contributed by atoms with E-state index in [1.807, 2.05) is 45.2 Å². The van der Waals surface area contributed by atoms with E-state index in [2.05, 4.69) is 10.6 Å². The van der Waals surface area contributed by atoms with Gasteiger partial charge in [0.05, 0.1) is 6.04 Å². The van der Waals surface area contributed by atoms with Crippen LogP contribution in [0.25, 0.3) is 0 Å². The third kappa shape index (κ3) is 5.04. The van der Waals surface area contributed by atoms with Gasteiger partial charge >= 0.3 is 12.0 Å². The largest absolute Gasteiger partial charge is 0.480 e. The number of carbonyl (C=O) groups excluding carboxylic acids is 1. The summed E-state index contributed by atoms with van der Waals surface area (Å²) < 4.78 is 0. The fraction of sp³-hybridized carbons (Fsp3) is 0.600. The van der Waals surface area contributed by atoms with E-state index in [9.17, 15) is 14.7 Å². The highest BCUT2D eigenvalue weighted by Crippen LogP contribution is 2.25. The zero-order chi connectivity index (χ0) is 16.0. The smallest absolute Gasteiger partial charge is 0.326 e. The lowest BCUT2D eigenvalue weighted by molar-refractivity contribution is -0.140. The molecule has 0 bridgehead atoms. The predicted octanol–water partition coefficient (Wildman–Crippen LogP) is 3.24. The average molecular weight is 312 g/mol. The molecule has 0 aliphatic carbocycles. The molecular weight excluding hydrogens is 288 g/mol. The number of hydrogen-bond acceptors (Lipinski definition) is 3. The number of rotatable bonds is 7. The fourth-order valence-electron chi connectivity index (χ4n) is 2.04. The predicted molar refractivity (Wildman–Crippen MR) is 84.4 cm³/mol. The standard InChI is InChI=1S/C15H24N2O3S/c1-5-10(4)13(14(18)19)17-15(20)16-12(9(2)3)11-7-6-8-21-11/h6-10,12-13H,5H2,1-4H3,(H,18,19)(H2,16,17,20)/t10?,12?,13-/m0/s1. The van der Waals surface area contributed by atoms with E-state index in [4.69, 9.17) is 0 Å². The molecule has 1 rings (SSSR count). The van der Waals surface area contributed by atoms with E-state index in [0.717, 1.165) is 4.88 Å².